The number of likely N-dealkylation sites (tertiary alicyclic amines) is 1. The zero-order chi connectivity index (χ0) is 18.4. The minimum atomic E-state index is -0.541. The quantitative estimate of drug-likeness (QED) is 0.741. The Hall–Kier alpha value is -1.89. The Kier molecular flexibility index (Phi) is 8.28. The number of rotatable bonds is 7. The lowest BCUT2D eigenvalue weighted by Crippen LogP contribution is -2.49. The van der Waals surface area contributed by atoms with Gasteiger partial charge in [-0.15, -0.1) is 23.7 Å². The van der Waals surface area contributed by atoms with E-state index in [9.17, 15) is 9.59 Å². The highest BCUT2D eigenvalue weighted by Gasteiger charge is 2.31. The minimum Gasteiger partial charge on any atom is -0.341 e. The van der Waals surface area contributed by atoms with Crippen LogP contribution in [0.1, 0.15) is 21.7 Å². The van der Waals surface area contributed by atoms with Crippen molar-refractivity contribution in [2.24, 2.45) is 5.92 Å². The summed E-state index contributed by atoms with van der Waals surface area (Å²) in [5.41, 5.74) is 1.04. The molecule has 1 aromatic carbocycles. The minimum absolute atomic E-state index is 0. The Morgan fingerprint density at radius 3 is 2.67 bits per heavy atom. The second kappa shape index (κ2) is 10.4. The van der Waals surface area contributed by atoms with Crippen molar-refractivity contribution < 1.29 is 9.59 Å². The van der Waals surface area contributed by atoms with E-state index >= 15 is 0 Å². The number of halogens is 1. The van der Waals surface area contributed by atoms with Gasteiger partial charge < -0.3 is 15.5 Å². The molecule has 27 heavy (non-hydrogen) atoms. The zero-order valence-electron chi connectivity index (χ0n) is 15.4. The second-order valence-corrected chi connectivity index (χ2v) is 7.64. The number of carbonyl (C=O) groups excluding carboxylic acids is 2. The Balaban J connectivity index is 0.00000261. The average molecular weight is 408 g/mol. The molecule has 0 radical (unpaired) electrons. The Labute approximate surface area is 170 Å². The number of nitrogens with one attached hydrogen (secondary N) is 2. The average Bonchev–Trinajstić information content (AvgIpc) is 3.34. The molecule has 0 aliphatic carbocycles. The molecule has 1 aliphatic heterocycles. The first-order valence-corrected chi connectivity index (χ1v) is 9.87. The fraction of sp³-hybridized carbons (Fsp3) is 0.400. The summed E-state index contributed by atoms with van der Waals surface area (Å²) in [6.45, 7) is 2.42. The van der Waals surface area contributed by atoms with Crippen LogP contribution < -0.4 is 10.6 Å². The van der Waals surface area contributed by atoms with E-state index in [1.54, 1.807) is 6.07 Å². The zero-order valence-corrected chi connectivity index (χ0v) is 17.0. The first kappa shape index (κ1) is 21.4. The van der Waals surface area contributed by atoms with Crippen molar-refractivity contribution in [2.45, 2.75) is 18.9 Å². The van der Waals surface area contributed by atoms with Gasteiger partial charge in [0.2, 0.25) is 5.91 Å². The highest BCUT2D eigenvalue weighted by Crippen LogP contribution is 2.18. The van der Waals surface area contributed by atoms with Crippen molar-refractivity contribution >= 4 is 35.6 Å². The second-order valence-electron chi connectivity index (χ2n) is 6.69. The molecule has 7 heteroatoms. The van der Waals surface area contributed by atoms with Crippen LogP contribution in [-0.2, 0) is 11.2 Å². The van der Waals surface area contributed by atoms with Gasteiger partial charge in [-0.2, -0.15) is 0 Å². The fourth-order valence-corrected chi connectivity index (χ4v) is 4.02. The molecule has 5 nitrogen and oxygen atoms in total. The SMILES string of the molecule is CNCC1CCN(C(=O)C(Cc2ccccc2)NC(=O)c2cccs2)C1.Cl. The Bertz CT molecular complexity index is 724. The van der Waals surface area contributed by atoms with Crippen molar-refractivity contribution in [1.82, 2.24) is 15.5 Å². The van der Waals surface area contributed by atoms with Gasteiger partial charge in [0.25, 0.3) is 5.91 Å². The molecule has 2 N–H and O–H groups in total. The van der Waals surface area contributed by atoms with Crippen molar-refractivity contribution in [3.63, 3.8) is 0 Å². The van der Waals surface area contributed by atoms with Gasteiger partial charge in [-0.1, -0.05) is 36.4 Å². The van der Waals surface area contributed by atoms with Gasteiger partial charge >= 0.3 is 0 Å². The number of hydrogen-bond donors (Lipinski definition) is 2. The molecule has 0 spiro atoms. The van der Waals surface area contributed by atoms with Crippen LogP contribution >= 0.6 is 23.7 Å². The lowest BCUT2D eigenvalue weighted by Gasteiger charge is -2.24. The Morgan fingerprint density at radius 2 is 2.00 bits per heavy atom. The highest BCUT2D eigenvalue weighted by atomic mass is 35.5. The molecule has 146 valence electrons. The van der Waals surface area contributed by atoms with Crippen molar-refractivity contribution in [3.05, 3.63) is 58.3 Å². The van der Waals surface area contributed by atoms with Crippen LogP contribution in [0.15, 0.2) is 47.8 Å². The van der Waals surface area contributed by atoms with Gasteiger partial charge in [0.1, 0.15) is 6.04 Å². The predicted molar refractivity (Wildman–Crippen MR) is 112 cm³/mol. The summed E-state index contributed by atoms with van der Waals surface area (Å²) < 4.78 is 0. The molecule has 0 bridgehead atoms. The van der Waals surface area contributed by atoms with E-state index in [1.165, 1.54) is 11.3 Å². The van der Waals surface area contributed by atoms with Crippen LogP contribution in [0.5, 0.6) is 0 Å². The van der Waals surface area contributed by atoms with Crippen LogP contribution in [-0.4, -0.2) is 49.4 Å². The topological polar surface area (TPSA) is 61.4 Å². The molecular formula is C20H26ClN3O2S. The first-order chi connectivity index (χ1) is 12.7. The van der Waals surface area contributed by atoms with Crippen LogP contribution in [0.4, 0.5) is 0 Å². The van der Waals surface area contributed by atoms with E-state index < -0.39 is 6.04 Å². The molecule has 2 unspecified atom stereocenters. The standard InChI is InChI=1S/C20H25N3O2S.ClH/c1-21-13-16-9-10-23(14-16)20(25)17(12-15-6-3-2-4-7-15)22-19(24)18-8-5-11-26-18;/h2-8,11,16-17,21H,9-10,12-14H2,1H3,(H,22,24);1H. The van der Waals surface area contributed by atoms with Gasteiger partial charge in [-0.25, -0.2) is 0 Å². The number of amides is 2. The van der Waals surface area contributed by atoms with E-state index in [0.29, 0.717) is 17.2 Å². The molecule has 1 aromatic heterocycles. The Morgan fingerprint density at radius 1 is 1.22 bits per heavy atom. The molecular weight excluding hydrogens is 382 g/mol. The molecule has 1 aliphatic rings. The normalized spacial score (nSPS) is 17.2. The van der Waals surface area contributed by atoms with Crippen LogP contribution in [0.2, 0.25) is 0 Å². The first-order valence-electron chi connectivity index (χ1n) is 8.99. The maximum atomic E-state index is 13.1. The van der Waals surface area contributed by atoms with Gasteiger partial charge in [0.15, 0.2) is 0 Å². The molecule has 0 saturated carbocycles. The van der Waals surface area contributed by atoms with E-state index in [0.717, 1.165) is 31.6 Å². The third-order valence-corrected chi connectivity index (χ3v) is 5.59. The lowest BCUT2D eigenvalue weighted by molar-refractivity contribution is -0.132. The summed E-state index contributed by atoms with van der Waals surface area (Å²) in [7, 11) is 1.93. The van der Waals surface area contributed by atoms with Gasteiger partial charge in [-0.3, -0.25) is 9.59 Å². The number of thiophene rings is 1. The smallest absolute Gasteiger partial charge is 0.262 e. The summed E-state index contributed by atoms with van der Waals surface area (Å²) in [5, 5.41) is 8.01. The van der Waals surface area contributed by atoms with E-state index in [-0.39, 0.29) is 24.2 Å². The number of hydrogen-bond acceptors (Lipinski definition) is 4. The van der Waals surface area contributed by atoms with Crippen molar-refractivity contribution in [3.8, 4) is 0 Å². The lowest BCUT2D eigenvalue weighted by atomic mass is 10.0. The summed E-state index contributed by atoms with van der Waals surface area (Å²) in [5.74, 6) is 0.312. The van der Waals surface area contributed by atoms with Crippen molar-refractivity contribution in [2.75, 3.05) is 26.7 Å². The van der Waals surface area contributed by atoms with Crippen LogP contribution in [0, 0.1) is 5.92 Å². The maximum absolute atomic E-state index is 13.1. The van der Waals surface area contributed by atoms with E-state index in [4.69, 9.17) is 0 Å². The monoisotopic (exact) mass is 407 g/mol. The molecule has 2 aromatic rings. The fourth-order valence-electron chi connectivity index (χ4n) is 3.40. The highest BCUT2D eigenvalue weighted by molar-refractivity contribution is 7.12. The summed E-state index contributed by atoms with van der Waals surface area (Å²) in [6, 6.07) is 12.9. The van der Waals surface area contributed by atoms with E-state index in [2.05, 4.69) is 10.6 Å². The summed E-state index contributed by atoms with van der Waals surface area (Å²) in [6.07, 6.45) is 1.51. The van der Waals surface area contributed by atoms with Gasteiger partial charge in [0.05, 0.1) is 4.88 Å². The summed E-state index contributed by atoms with van der Waals surface area (Å²) in [4.78, 5) is 28.1. The molecule has 1 fully saturated rings. The third kappa shape index (κ3) is 5.79. The van der Waals surface area contributed by atoms with Gasteiger partial charge in [-0.05, 0) is 42.9 Å². The number of benzene rings is 1. The third-order valence-electron chi connectivity index (χ3n) is 4.72. The number of carbonyl (C=O) groups is 2. The van der Waals surface area contributed by atoms with Crippen LogP contribution in [0.3, 0.4) is 0 Å². The summed E-state index contributed by atoms with van der Waals surface area (Å²) >= 11 is 1.39. The molecule has 2 amide bonds. The predicted octanol–water partition coefficient (Wildman–Crippen LogP) is 2.58. The van der Waals surface area contributed by atoms with Gasteiger partial charge in [0, 0.05) is 19.5 Å². The van der Waals surface area contributed by atoms with Crippen molar-refractivity contribution in [1.29, 1.82) is 0 Å². The largest absolute Gasteiger partial charge is 0.341 e. The molecule has 3 rings (SSSR count). The molecule has 2 heterocycles. The molecule has 1 saturated heterocycles. The number of nitrogens with zero attached hydrogens (tertiary/aromatic N) is 1. The molecule has 2 atom stereocenters. The maximum Gasteiger partial charge on any atom is 0.262 e. The van der Waals surface area contributed by atoms with E-state index in [1.807, 2.05) is 53.7 Å². The van der Waals surface area contributed by atoms with Crippen LogP contribution in [0.25, 0.3) is 0 Å².